The topological polar surface area (TPSA) is 88.2 Å². The number of halogens is 1. The summed E-state index contributed by atoms with van der Waals surface area (Å²) in [5, 5.41) is 3.39. The lowest BCUT2D eigenvalue weighted by Crippen LogP contribution is -2.48. The molecule has 1 amide bonds. The molecule has 28 heavy (non-hydrogen) atoms. The summed E-state index contributed by atoms with van der Waals surface area (Å²) >= 11 is 6.13. The molecule has 1 aliphatic rings. The number of carbonyl (C=O) groups is 3. The zero-order chi connectivity index (χ0) is 20.7. The third kappa shape index (κ3) is 5.39. The molecular weight excluding hydrogens is 386 g/mol. The Hall–Kier alpha value is -2.74. The number of methoxy groups -OCH3 is 2. The zero-order valence-corrected chi connectivity index (χ0v) is 16.9. The van der Waals surface area contributed by atoms with Gasteiger partial charge in [0.1, 0.15) is 5.70 Å². The Balaban J connectivity index is 2.27. The number of nitrogens with one attached hydrogen (secondary N) is 1. The van der Waals surface area contributed by atoms with E-state index in [4.69, 9.17) is 16.3 Å². The third-order valence-electron chi connectivity index (χ3n) is 4.37. The van der Waals surface area contributed by atoms with E-state index in [1.807, 2.05) is 17.9 Å². The van der Waals surface area contributed by atoms with Crippen molar-refractivity contribution in [2.45, 2.75) is 13.3 Å². The summed E-state index contributed by atoms with van der Waals surface area (Å²) < 4.78 is 9.32. The monoisotopic (exact) mass is 409 g/mol. The Morgan fingerprint density at radius 1 is 1.14 bits per heavy atom. The van der Waals surface area contributed by atoms with Crippen molar-refractivity contribution in [1.29, 1.82) is 0 Å². The molecule has 1 saturated heterocycles. The van der Waals surface area contributed by atoms with Gasteiger partial charge in [0, 0.05) is 37.6 Å². The molecule has 152 valence electrons. The first-order valence-electron chi connectivity index (χ1n) is 8.86. The van der Waals surface area contributed by atoms with Gasteiger partial charge in [0.05, 0.1) is 31.7 Å². The van der Waals surface area contributed by atoms with Gasteiger partial charge in [-0.3, -0.25) is 4.79 Å². The van der Waals surface area contributed by atoms with Crippen LogP contribution in [0.4, 0.5) is 11.4 Å². The molecule has 1 heterocycles. The predicted octanol–water partition coefficient (Wildman–Crippen LogP) is 2.04. The SMILES string of the molecule is CCC(=O)N1CCN(c2ccc(Cl)cc2N/C(=C/C(=O)OC)C(=O)OC)CC1. The second-order valence-corrected chi connectivity index (χ2v) is 6.52. The van der Waals surface area contributed by atoms with Gasteiger partial charge in [0.25, 0.3) is 0 Å². The van der Waals surface area contributed by atoms with Gasteiger partial charge in [-0.05, 0) is 18.2 Å². The number of anilines is 2. The first-order chi connectivity index (χ1) is 13.4. The van der Waals surface area contributed by atoms with Crippen molar-refractivity contribution in [3.63, 3.8) is 0 Å². The van der Waals surface area contributed by atoms with Crippen LogP contribution >= 0.6 is 11.6 Å². The van der Waals surface area contributed by atoms with Gasteiger partial charge in [-0.25, -0.2) is 9.59 Å². The number of benzene rings is 1. The van der Waals surface area contributed by atoms with Crippen LogP contribution in [0.1, 0.15) is 13.3 Å². The number of nitrogens with zero attached hydrogens (tertiary/aromatic N) is 2. The van der Waals surface area contributed by atoms with Crippen LogP contribution in [0, 0.1) is 0 Å². The lowest BCUT2D eigenvalue weighted by Gasteiger charge is -2.37. The molecular formula is C19H24ClN3O5. The molecule has 2 rings (SSSR count). The second kappa shape index (κ2) is 9.98. The van der Waals surface area contributed by atoms with E-state index < -0.39 is 11.9 Å². The highest BCUT2D eigenvalue weighted by molar-refractivity contribution is 6.31. The molecule has 0 saturated carbocycles. The van der Waals surface area contributed by atoms with Crippen LogP contribution < -0.4 is 10.2 Å². The average molecular weight is 410 g/mol. The smallest absolute Gasteiger partial charge is 0.354 e. The van der Waals surface area contributed by atoms with Gasteiger partial charge in [-0.2, -0.15) is 0 Å². The molecule has 0 bridgehead atoms. The molecule has 0 spiro atoms. The number of piperazine rings is 1. The van der Waals surface area contributed by atoms with E-state index in [0.717, 1.165) is 11.8 Å². The van der Waals surface area contributed by atoms with E-state index in [0.29, 0.717) is 43.3 Å². The van der Waals surface area contributed by atoms with Crippen molar-refractivity contribution < 1.29 is 23.9 Å². The van der Waals surface area contributed by atoms with Crippen molar-refractivity contribution in [1.82, 2.24) is 4.90 Å². The standard InChI is InChI=1S/C19H24ClN3O5/c1-4-17(24)23-9-7-22(8-10-23)16-6-5-13(20)11-14(16)21-15(19(26)28-3)12-18(25)27-2/h5-6,11-12,21H,4,7-10H2,1-3H3/b15-12+. The molecule has 0 aromatic heterocycles. The van der Waals surface area contributed by atoms with E-state index in [-0.39, 0.29) is 11.6 Å². The van der Waals surface area contributed by atoms with Crippen LogP contribution in [0.3, 0.4) is 0 Å². The molecule has 9 heteroatoms. The third-order valence-corrected chi connectivity index (χ3v) is 4.61. The molecule has 0 atom stereocenters. The zero-order valence-electron chi connectivity index (χ0n) is 16.2. The Bertz CT molecular complexity index is 773. The molecule has 1 N–H and O–H groups in total. The number of ether oxygens (including phenoxy) is 2. The quantitative estimate of drug-likeness (QED) is 0.568. The van der Waals surface area contributed by atoms with Gasteiger partial charge in [-0.1, -0.05) is 18.5 Å². The first kappa shape index (κ1) is 21.6. The van der Waals surface area contributed by atoms with Gasteiger partial charge in [0.15, 0.2) is 0 Å². The minimum absolute atomic E-state index is 0.0716. The van der Waals surface area contributed by atoms with Crippen molar-refractivity contribution in [3.8, 4) is 0 Å². The molecule has 1 aliphatic heterocycles. The van der Waals surface area contributed by atoms with E-state index in [1.165, 1.54) is 14.2 Å². The van der Waals surface area contributed by atoms with Gasteiger partial charge >= 0.3 is 11.9 Å². The lowest BCUT2D eigenvalue weighted by atomic mass is 10.2. The normalized spacial score (nSPS) is 14.5. The highest BCUT2D eigenvalue weighted by atomic mass is 35.5. The molecule has 1 fully saturated rings. The van der Waals surface area contributed by atoms with E-state index in [9.17, 15) is 14.4 Å². The highest BCUT2D eigenvalue weighted by Crippen LogP contribution is 2.31. The number of rotatable bonds is 6. The molecule has 0 radical (unpaired) electrons. The maximum absolute atomic E-state index is 12.0. The van der Waals surface area contributed by atoms with Crippen LogP contribution in [0.25, 0.3) is 0 Å². The average Bonchev–Trinajstić information content (AvgIpc) is 2.72. The summed E-state index contributed by atoms with van der Waals surface area (Å²) in [6.07, 6.45) is 1.50. The van der Waals surface area contributed by atoms with Crippen LogP contribution in [0.5, 0.6) is 0 Å². The summed E-state index contributed by atoms with van der Waals surface area (Å²) in [5.41, 5.74) is 1.27. The fourth-order valence-electron chi connectivity index (χ4n) is 2.88. The first-order valence-corrected chi connectivity index (χ1v) is 9.24. The van der Waals surface area contributed by atoms with Crippen molar-refractivity contribution in [2.75, 3.05) is 50.6 Å². The maximum Gasteiger partial charge on any atom is 0.354 e. The van der Waals surface area contributed by atoms with Crippen LogP contribution in [-0.4, -0.2) is 63.1 Å². The predicted molar refractivity (Wildman–Crippen MR) is 106 cm³/mol. The number of esters is 2. The summed E-state index contributed by atoms with van der Waals surface area (Å²) in [5.74, 6) is -1.28. The van der Waals surface area contributed by atoms with Crippen molar-refractivity contribution >= 4 is 40.8 Å². The molecule has 8 nitrogen and oxygen atoms in total. The lowest BCUT2D eigenvalue weighted by molar-refractivity contribution is -0.138. The van der Waals surface area contributed by atoms with Crippen LogP contribution in [0.15, 0.2) is 30.0 Å². The Kier molecular flexibility index (Phi) is 7.69. The van der Waals surface area contributed by atoms with E-state index in [1.54, 1.807) is 12.1 Å². The fourth-order valence-corrected chi connectivity index (χ4v) is 3.05. The molecule has 1 aromatic rings. The molecule has 0 unspecified atom stereocenters. The summed E-state index contributed by atoms with van der Waals surface area (Å²) in [4.78, 5) is 39.4. The summed E-state index contributed by atoms with van der Waals surface area (Å²) in [6, 6.07) is 5.23. The summed E-state index contributed by atoms with van der Waals surface area (Å²) in [6.45, 7) is 4.33. The molecule has 1 aromatic carbocycles. The maximum atomic E-state index is 12.0. The largest absolute Gasteiger partial charge is 0.466 e. The second-order valence-electron chi connectivity index (χ2n) is 6.08. The number of hydrogen-bond donors (Lipinski definition) is 1. The van der Waals surface area contributed by atoms with Crippen LogP contribution in [0.2, 0.25) is 5.02 Å². The Morgan fingerprint density at radius 3 is 2.39 bits per heavy atom. The Labute approximate surface area is 169 Å². The minimum atomic E-state index is -0.713. The Morgan fingerprint density at radius 2 is 1.82 bits per heavy atom. The van der Waals surface area contributed by atoms with Gasteiger partial charge < -0.3 is 24.6 Å². The van der Waals surface area contributed by atoms with Gasteiger partial charge in [-0.15, -0.1) is 0 Å². The highest BCUT2D eigenvalue weighted by Gasteiger charge is 2.23. The minimum Gasteiger partial charge on any atom is -0.466 e. The number of amides is 1. The van der Waals surface area contributed by atoms with Crippen LogP contribution in [-0.2, 0) is 23.9 Å². The summed E-state index contributed by atoms with van der Waals surface area (Å²) in [7, 11) is 2.44. The molecule has 0 aliphatic carbocycles. The fraction of sp³-hybridized carbons (Fsp3) is 0.421. The van der Waals surface area contributed by atoms with Crippen molar-refractivity contribution in [2.24, 2.45) is 0 Å². The van der Waals surface area contributed by atoms with Gasteiger partial charge in [0.2, 0.25) is 5.91 Å². The number of hydrogen-bond acceptors (Lipinski definition) is 7. The van der Waals surface area contributed by atoms with E-state index >= 15 is 0 Å². The number of carbonyl (C=O) groups excluding carboxylic acids is 3. The van der Waals surface area contributed by atoms with Crippen molar-refractivity contribution in [3.05, 3.63) is 35.0 Å². The van der Waals surface area contributed by atoms with E-state index in [2.05, 4.69) is 15.0 Å².